The molecule has 1 aliphatic rings. The van der Waals surface area contributed by atoms with Crippen LogP contribution in [0.1, 0.15) is 20.8 Å². The minimum atomic E-state index is -2.95. The molecule has 1 heterocycles. The number of hydrogen-bond donors (Lipinski definition) is 1. The zero-order valence-corrected chi connectivity index (χ0v) is 13.9. The summed E-state index contributed by atoms with van der Waals surface area (Å²) in [4.78, 5) is 6.66. The van der Waals surface area contributed by atoms with Crippen molar-refractivity contribution in [2.75, 3.05) is 43.9 Å². The number of nitrogens with one attached hydrogen (secondary N) is 1. The molecule has 1 N–H and O–H groups in total. The zero-order chi connectivity index (χ0) is 14.5. The highest BCUT2D eigenvalue weighted by molar-refractivity contribution is 8.00. The van der Waals surface area contributed by atoms with Crippen LogP contribution < -0.4 is 5.32 Å². The Labute approximate surface area is 121 Å². The van der Waals surface area contributed by atoms with Crippen molar-refractivity contribution in [3.8, 4) is 0 Å². The van der Waals surface area contributed by atoms with E-state index in [1.54, 1.807) is 0 Å². The molecule has 0 bridgehead atoms. The molecule has 7 heteroatoms. The topological polar surface area (TPSA) is 61.8 Å². The molecule has 0 aliphatic carbocycles. The number of thioether (sulfide) groups is 1. The number of aliphatic imine (C=N–C) groups is 1. The van der Waals surface area contributed by atoms with Crippen molar-refractivity contribution in [2.24, 2.45) is 4.99 Å². The normalized spacial score (nSPS) is 20.4. The molecule has 1 rings (SSSR count). The lowest BCUT2D eigenvalue weighted by atomic mass is 10.2. The quantitative estimate of drug-likeness (QED) is 0.615. The van der Waals surface area contributed by atoms with Gasteiger partial charge in [0.15, 0.2) is 5.96 Å². The molecular formula is C12H25N3O2S2. The predicted octanol–water partition coefficient (Wildman–Crippen LogP) is 0.824. The van der Waals surface area contributed by atoms with Crippen LogP contribution in [-0.2, 0) is 9.84 Å². The Kier molecular flexibility index (Phi) is 5.98. The first kappa shape index (κ1) is 16.6. The van der Waals surface area contributed by atoms with Crippen LogP contribution in [-0.4, -0.2) is 68.0 Å². The van der Waals surface area contributed by atoms with Crippen LogP contribution in [0.4, 0.5) is 0 Å². The molecule has 19 heavy (non-hydrogen) atoms. The van der Waals surface area contributed by atoms with E-state index in [4.69, 9.17) is 0 Å². The fourth-order valence-electron chi connectivity index (χ4n) is 1.94. The van der Waals surface area contributed by atoms with Gasteiger partial charge in [0, 0.05) is 36.4 Å². The summed E-state index contributed by atoms with van der Waals surface area (Å²) >= 11 is 1.97. The van der Waals surface area contributed by atoms with E-state index in [1.165, 1.54) is 6.26 Å². The summed E-state index contributed by atoms with van der Waals surface area (Å²) in [6.45, 7) is 9.48. The Balaban J connectivity index is 2.68. The minimum Gasteiger partial charge on any atom is -0.357 e. The van der Waals surface area contributed by atoms with Crippen molar-refractivity contribution < 1.29 is 8.42 Å². The van der Waals surface area contributed by atoms with Crippen molar-refractivity contribution >= 4 is 27.6 Å². The molecule has 5 nitrogen and oxygen atoms in total. The molecule has 0 aromatic carbocycles. The molecule has 0 atom stereocenters. The van der Waals surface area contributed by atoms with Crippen molar-refractivity contribution in [3.63, 3.8) is 0 Å². The van der Waals surface area contributed by atoms with Crippen molar-refractivity contribution in [1.29, 1.82) is 0 Å². The number of sulfone groups is 1. The van der Waals surface area contributed by atoms with Crippen molar-refractivity contribution in [1.82, 2.24) is 10.2 Å². The molecule has 0 radical (unpaired) electrons. The molecule has 1 aliphatic heterocycles. The highest BCUT2D eigenvalue weighted by atomic mass is 32.2. The summed E-state index contributed by atoms with van der Waals surface area (Å²) in [5, 5.41) is 3.25. The van der Waals surface area contributed by atoms with Crippen LogP contribution in [0.25, 0.3) is 0 Å². The second-order valence-corrected chi connectivity index (χ2v) is 9.46. The van der Waals surface area contributed by atoms with Gasteiger partial charge in [0.05, 0.1) is 12.3 Å². The molecule has 0 unspecified atom stereocenters. The molecule has 0 aromatic heterocycles. The predicted molar refractivity (Wildman–Crippen MR) is 83.8 cm³/mol. The van der Waals surface area contributed by atoms with Gasteiger partial charge in [-0.3, -0.25) is 4.99 Å². The number of nitrogens with zero attached hydrogens (tertiary/aromatic N) is 2. The van der Waals surface area contributed by atoms with E-state index < -0.39 is 9.84 Å². The lowest BCUT2D eigenvalue weighted by Gasteiger charge is -2.39. The zero-order valence-electron chi connectivity index (χ0n) is 12.3. The fraction of sp³-hybridized carbons (Fsp3) is 0.917. The van der Waals surface area contributed by atoms with Crippen molar-refractivity contribution in [2.45, 2.75) is 25.5 Å². The Morgan fingerprint density at radius 2 is 2.16 bits per heavy atom. The molecule has 1 fully saturated rings. The van der Waals surface area contributed by atoms with Gasteiger partial charge in [0.1, 0.15) is 9.84 Å². The van der Waals surface area contributed by atoms with Crippen LogP contribution >= 0.6 is 11.8 Å². The smallest absolute Gasteiger partial charge is 0.194 e. The van der Waals surface area contributed by atoms with Crippen LogP contribution in [0, 0.1) is 0 Å². The van der Waals surface area contributed by atoms with E-state index in [0.29, 0.717) is 6.54 Å². The van der Waals surface area contributed by atoms with E-state index in [0.717, 1.165) is 31.3 Å². The van der Waals surface area contributed by atoms with Gasteiger partial charge in [0.25, 0.3) is 0 Å². The van der Waals surface area contributed by atoms with E-state index in [1.807, 2.05) is 18.7 Å². The molecule has 0 spiro atoms. The molecule has 112 valence electrons. The van der Waals surface area contributed by atoms with Gasteiger partial charge in [-0.2, -0.15) is 11.8 Å². The molecule has 0 aromatic rings. The first-order valence-corrected chi connectivity index (χ1v) is 9.63. The van der Waals surface area contributed by atoms with Gasteiger partial charge in [0.2, 0.25) is 0 Å². The van der Waals surface area contributed by atoms with Gasteiger partial charge in [-0.15, -0.1) is 0 Å². The average molecular weight is 307 g/mol. The van der Waals surface area contributed by atoms with Crippen LogP contribution in [0.2, 0.25) is 0 Å². The second kappa shape index (κ2) is 6.83. The Morgan fingerprint density at radius 1 is 1.47 bits per heavy atom. The summed E-state index contributed by atoms with van der Waals surface area (Å²) in [6.07, 6.45) is 1.25. The highest BCUT2D eigenvalue weighted by Gasteiger charge is 2.28. The molecule has 1 saturated heterocycles. The largest absolute Gasteiger partial charge is 0.357 e. The SMILES string of the molecule is CCNC(=NCCS(C)(=O)=O)N1CCSC(C)(C)C1. The van der Waals surface area contributed by atoms with E-state index in [9.17, 15) is 8.42 Å². The third-order valence-electron chi connectivity index (χ3n) is 2.78. The molecule has 0 amide bonds. The number of guanidine groups is 1. The van der Waals surface area contributed by atoms with Gasteiger partial charge < -0.3 is 10.2 Å². The van der Waals surface area contributed by atoms with E-state index in [-0.39, 0.29) is 10.5 Å². The Morgan fingerprint density at radius 3 is 2.68 bits per heavy atom. The second-order valence-electron chi connectivity index (χ2n) is 5.40. The van der Waals surface area contributed by atoms with Crippen LogP contribution in [0.3, 0.4) is 0 Å². The third kappa shape index (κ3) is 6.51. The standard InChI is InChI=1S/C12H25N3O2S2/c1-5-13-11(14-6-9-19(4,16)17)15-7-8-18-12(2,3)10-15/h5-10H2,1-4H3,(H,13,14). The maximum absolute atomic E-state index is 11.1. The first-order chi connectivity index (χ1) is 8.73. The summed E-state index contributed by atoms with van der Waals surface area (Å²) in [7, 11) is -2.95. The summed E-state index contributed by atoms with van der Waals surface area (Å²) in [6, 6.07) is 0. The summed E-state index contributed by atoms with van der Waals surface area (Å²) < 4.78 is 22.5. The molecule has 0 saturated carbocycles. The maximum atomic E-state index is 11.1. The van der Waals surface area contributed by atoms with Gasteiger partial charge >= 0.3 is 0 Å². The van der Waals surface area contributed by atoms with Crippen LogP contribution in [0.5, 0.6) is 0 Å². The Bertz CT molecular complexity index is 419. The number of hydrogen-bond acceptors (Lipinski definition) is 4. The van der Waals surface area contributed by atoms with Crippen molar-refractivity contribution in [3.05, 3.63) is 0 Å². The highest BCUT2D eigenvalue weighted by Crippen LogP contribution is 2.29. The minimum absolute atomic E-state index is 0.105. The monoisotopic (exact) mass is 307 g/mol. The lowest BCUT2D eigenvalue weighted by Crippen LogP contribution is -2.51. The maximum Gasteiger partial charge on any atom is 0.194 e. The summed E-state index contributed by atoms with van der Waals surface area (Å²) in [5.41, 5.74) is 0. The third-order valence-corrected chi connectivity index (χ3v) is 5.01. The lowest BCUT2D eigenvalue weighted by molar-refractivity contribution is 0.376. The van der Waals surface area contributed by atoms with E-state index in [2.05, 4.69) is 29.1 Å². The first-order valence-electron chi connectivity index (χ1n) is 6.58. The molecular weight excluding hydrogens is 282 g/mol. The fourth-order valence-corrected chi connectivity index (χ4v) is 3.47. The summed E-state index contributed by atoms with van der Waals surface area (Å²) in [5.74, 6) is 2.01. The van der Waals surface area contributed by atoms with Gasteiger partial charge in [-0.25, -0.2) is 8.42 Å². The van der Waals surface area contributed by atoms with Crippen LogP contribution in [0.15, 0.2) is 4.99 Å². The van der Waals surface area contributed by atoms with Gasteiger partial charge in [-0.05, 0) is 20.8 Å². The van der Waals surface area contributed by atoms with Gasteiger partial charge in [-0.1, -0.05) is 0 Å². The average Bonchev–Trinajstić information content (AvgIpc) is 2.25. The number of rotatable bonds is 4. The van der Waals surface area contributed by atoms with E-state index >= 15 is 0 Å². The Hall–Kier alpha value is -0.430.